The predicted octanol–water partition coefficient (Wildman–Crippen LogP) is 3.42. The summed E-state index contributed by atoms with van der Waals surface area (Å²) in [4.78, 5) is 1.02. The SMILES string of the molecule is CCSc1cccc(-n2ncc3ccccc32)c1C(=N)N. The number of rotatable bonds is 4. The van der Waals surface area contributed by atoms with Gasteiger partial charge in [-0.2, -0.15) is 5.10 Å². The van der Waals surface area contributed by atoms with Crippen molar-refractivity contribution in [3.8, 4) is 5.69 Å². The van der Waals surface area contributed by atoms with Gasteiger partial charge in [0.05, 0.1) is 23.0 Å². The summed E-state index contributed by atoms with van der Waals surface area (Å²) in [5.74, 6) is 1.00. The molecular weight excluding hydrogens is 280 g/mol. The summed E-state index contributed by atoms with van der Waals surface area (Å²) >= 11 is 1.69. The first kappa shape index (κ1) is 13.7. The Balaban J connectivity index is 2.27. The standard InChI is InChI=1S/C16H16N4S/c1-2-21-14-9-5-8-13(15(14)16(17)18)20-12-7-4-3-6-11(12)10-19-20/h3-10H,2H2,1H3,(H3,17,18). The number of hydrogen-bond acceptors (Lipinski definition) is 3. The van der Waals surface area contributed by atoms with Gasteiger partial charge in [-0.1, -0.05) is 31.2 Å². The lowest BCUT2D eigenvalue weighted by Gasteiger charge is -2.13. The molecule has 0 amide bonds. The van der Waals surface area contributed by atoms with Gasteiger partial charge in [-0.05, 0) is 24.0 Å². The van der Waals surface area contributed by atoms with Gasteiger partial charge in [0.1, 0.15) is 5.84 Å². The number of nitrogens with one attached hydrogen (secondary N) is 1. The number of nitrogens with zero attached hydrogens (tertiary/aromatic N) is 2. The van der Waals surface area contributed by atoms with E-state index >= 15 is 0 Å². The second-order valence-corrected chi connectivity index (χ2v) is 5.92. The van der Waals surface area contributed by atoms with Crippen molar-refractivity contribution < 1.29 is 0 Å². The molecule has 0 saturated heterocycles. The third-order valence-electron chi connectivity index (χ3n) is 3.28. The van der Waals surface area contributed by atoms with Gasteiger partial charge in [-0.25, -0.2) is 4.68 Å². The summed E-state index contributed by atoms with van der Waals surface area (Å²) in [5.41, 5.74) is 8.43. The Morgan fingerprint density at radius 3 is 2.81 bits per heavy atom. The van der Waals surface area contributed by atoms with Crippen LogP contribution in [0.5, 0.6) is 0 Å². The Hall–Kier alpha value is -2.27. The maximum Gasteiger partial charge on any atom is 0.126 e. The summed E-state index contributed by atoms with van der Waals surface area (Å²) in [6, 6.07) is 14.0. The Bertz CT molecular complexity index is 807. The predicted molar refractivity (Wildman–Crippen MR) is 88.5 cm³/mol. The van der Waals surface area contributed by atoms with Crippen molar-refractivity contribution >= 4 is 28.5 Å². The van der Waals surface area contributed by atoms with Crippen molar-refractivity contribution in [2.24, 2.45) is 5.73 Å². The van der Waals surface area contributed by atoms with E-state index in [-0.39, 0.29) is 5.84 Å². The molecule has 3 N–H and O–H groups in total. The van der Waals surface area contributed by atoms with Gasteiger partial charge in [0.2, 0.25) is 0 Å². The monoisotopic (exact) mass is 296 g/mol. The highest BCUT2D eigenvalue weighted by Gasteiger charge is 2.15. The van der Waals surface area contributed by atoms with Gasteiger partial charge in [0, 0.05) is 10.3 Å². The second kappa shape index (κ2) is 5.61. The van der Waals surface area contributed by atoms with E-state index in [0.717, 1.165) is 32.8 Å². The molecule has 3 aromatic rings. The lowest BCUT2D eigenvalue weighted by Crippen LogP contribution is -2.16. The molecule has 0 aliphatic carbocycles. The third-order valence-corrected chi connectivity index (χ3v) is 4.22. The number of benzene rings is 2. The van der Waals surface area contributed by atoms with E-state index in [1.165, 1.54) is 0 Å². The van der Waals surface area contributed by atoms with Gasteiger partial charge in [0.15, 0.2) is 0 Å². The summed E-state index contributed by atoms with van der Waals surface area (Å²) in [5, 5.41) is 13.5. The molecule has 1 heterocycles. The normalized spacial score (nSPS) is 10.9. The second-order valence-electron chi connectivity index (χ2n) is 4.61. The van der Waals surface area contributed by atoms with Crippen LogP contribution in [0.4, 0.5) is 0 Å². The minimum Gasteiger partial charge on any atom is -0.384 e. The van der Waals surface area contributed by atoms with Crippen LogP contribution < -0.4 is 5.73 Å². The molecule has 21 heavy (non-hydrogen) atoms. The molecule has 0 aliphatic heterocycles. The Kier molecular flexibility index (Phi) is 3.66. The topological polar surface area (TPSA) is 67.7 Å². The zero-order valence-corrected chi connectivity index (χ0v) is 12.5. The fourth-order valence-electron chi connectivity index (χ4n) is 2.41. The number of thioether (sulfide) groups is 1. The summed E-state index contributed by atoms with van der Waals surface area (Å²) in [6.07, 6.45) is 1.83. The van der Waals surface area contributed by atoms with Gasteiger partial charge in [0.25, 0.3) is 0 Å². The Morgan fingerprint density at radius 1 is 1.24 bits per heavy atom. The Labute approximate surface area is 127 Å². The zero-order chi connectivity index (χ0) is 14.8. The number of hydrogen-bond donors (Lipinski definition) is 2. The quantitative estimate of drug-likeness (QED) is 0.440. The Morgan fingerprint density at radius 2 is 2.05 bits per heavy atom. The third kappa shape index (κ3) is 2.40. The molecule has 0 spiro atoms. The molecule has 0 unspecified atom stereocenters. The van der Waals surface area contributed by atoms with E-state index in [2.05, 4.69) is 12.0 Å². The zero-order valence-electron chi connectivity index (χ0n) is 11.7. The van der Waals surface area contributed by atoms with Gasteiger partial charge < -0.3 is 5.73 Å². The lowest BCUT2D eigenvalue weighted by molar-refractivity contribution is 0.903. The highest BCUT2D eigenvalue weighted by atomic mass is 32.2. The smallest absolute Gasteiger partial charge is 0.126 e. The largest absolute Gasteiger partial charge is 0.384 e. The van der Waals surface area contributed by atoms with E-state index in [1.54, 1.807) is 11.8 Å². The van der Waals surface area contributed by atoms with Crippen LogP contribution in [0.15, 0.2) is 53.6 Å². The van der Waals surface area contributed by atoms with Crippen LogP contribution in [0.2, 0.25) is 0 Å². The molecule has 5 heteroatoms. The van der Waals surface area contributed by atoms with Crippen LogP contribution in [0.1, 0.15) is 12.5 Å². The number of para-hydroxylation sites is 1. The molecule has 3 rings (SSSR count). The summed E-state index contributed by atoms with van der Waals surface area (Å²) in [6.45, 7) is 2.09. The average Bonchev–Trinajstić information content (AvgIpc) is 2.91. The fourth-order valence-corrected chi connectivity index (χ4v) is 3.25. The van der Waals surface area contributed by atoms with E-state index in [9.17, 15) is 0 Å². The maximum absolute atomic E-state index is 7.93. The van der Waals surface area contributed by atoms with Crippen molar-refractivity contribution in [3.05, 3.63) is 54.2 Å². The molecule has 1 aromatic heterocycles. The van der Waals surface area contributed by atoms with Gasteiger partial charge in [-0.15, -0.1) is 11.8 Å². The lowest BCUT2D eigenvalue weighted by atomic mass is 10.1. The molecule has 0 atom stereocenters. The van der Waals surface area contributed by atoms with Crippen molar-refractivity contribution in [2.45, 2.75) is 11.8 Å². The maximum atomic E-state index is 7.93. The molecule has 0 saturated carbocycles. The highest BCUT2D eigenvalue weighted by Crippen LogP contribution is 2.29. The fraction of sp³-hybridized carbons (Fsp3) is 0.125. The molecular formula is C16H16N4S. The van der Waals surface area contributed by atoms with Crippen LogP contribution in [-0.4, -0.2) is 21.4 Å². The van der Waals surface area contributed by atoms with E-state index < -0.39 is 0 Å². The number of aromatic nitrogens is 2. The average molecular weight is 296 g/mol. The minimum absolute atomic E-state index is 0.0705. The van der Waals surface area contributed by atoms with Crippen LogP contribution in [-0.2, 0) is 0 Å². The van der Waals surface area contributed by atoms with Gasteiger partial charge >= 0.3 is 0 Å². The van der Waals surface area contributed by atoms with Crippen LogP contribution in [0.25, 0.3) is 16.6 Å². The molecule has 0 aliphatic rings. The molecule has 0 bridgehead atoms. The summed E-state index contributed by atoms with van der Waals surface area (Å²) in [7, 11) is 0. The first-order valence-electron chi connectivity index (χ1n) is 6.75. The van der Waals surface area contributed by atoms with E-state index in [4.69, 9.17) is 11.1 Å². The van der Waals surface area contributed by atoms with Crippen molar-refractivity contribution in [3.63, 3.8) is 0 Å². The van der Waals surface area contributed by atoms with Gasteiger partial charge in [-0.3, -0.25) is 5.41 Å². The number of amidine groups is 1. The van der Waals surface area contributed by atoms with Crippen molar-refractivity contribution in [1.29, 1.82) is 5.41 Å². The van der Waals surface area contributed by atoms with Crippen molar-refractivity contribution in [1.82, 2.24) is 9.78 Å². The van der Waals surface area contributed by atoms with E-state index in [0.29, 0.717) is 0 Å². The van der Waals surface area contributed by atoms with E-state index in [1.807, 2.05) is 53.3 Å². The molecule has 0 fully saturated rings. The molecule has 106 valence electrons. The first-order chi connectivity index (χ1) is 10.2. The number of nitrogen functional groups attached to an aromatic ring is 1. The van der Waals surface area contributed by atoms with Crippen LogP contribution >= 0.6 is 11.8 Å². The first-order valence-corrected chi connectivity index (χ1v) is 7.74. The van der Waals surface area contributed by atoms with Crippen LogP contribution in [0.3, 0.4) is 0 Å². The molecule has 4 nitrogen and oxygen atoms in total. The van der Waals surface area contributed by atoms with Crippen LogP contribution in [0, 0.1) is 5.41 Å². The number of nitrogens with two attached hydrogens (primary N) is 1. The summed E-state index contributed by atoms with van der Waals surface area (Å²) < 4.78 is 1.85. The molecule has 2 aromatic carbocycles. The minimum atomic E-state index is 0.0705. The number of fused-ring (bicyclic) bond motifs is 1. The molecule has 0 radical (unpaired) electrons. The highest BCUT2D eigenvalue weighted by molar-refractivity contribution is 7.99. The van der Waals surface area contributed by atoms with Crippen molar-refractivity contribution in [2.75, 3.05) is 5.75 Å².